The Morgan fingerprint density at radius 3 is 2.24 bits per heavy atom. The summed E-state index contributed by atoms with van der Waals surface area (Å²) in [5.74, 6) is -0.153. The van der Waals surface area contributed by atoms with Crippen molar-refractivity contribution >= 4 is 50.7 Å². The lowest BCUT2D eigenvalue weighted by atomic mass is 10.0. The molecule has 1 aliphatic rings. The van der Waals surface area contributed by atoms with E-state index in [1.165, 1.54) is 11.0 Å². The van der Waals surface area contributed by atoms with Gasteiger partial charge < -0.3 is 19.7 Å². The highest BCUT2D eigenvalue weighted by Crippen LogP contribution is 2.35. The molecule has 9 nitrogen and oxygen atoms in total. The van der Waals surface area contributed by atoms with E-state index < -0.39 is 34.4 Å². The second kappa shape index (κ2) is 13.5. The third-order valence-corrected chi connectivity index (χ3v) is 8.35. The molecule has 0 saturated heterocycles. The van der Waals surface area contributed by atoms with Gasteiger partial charge in [0.05, 0.1) is 11.9 Å². The number of likely N-dealkylation sites (N-methyl/N-ethyl adjacent to an activating group) is 1. The molecule has 218 valence electrons. The zero-order valence-corrected chi connectivity index (χ0v) is 25.0. The fourth-order valence-corrected chi connectivity index (χ4v) is 5.86. The van der Waals surface area contributed by atoms with Gasteiger partial charge >= 0.3 is 0 Å². The molecule has 1 aliphatic heterocycles. The zero-order chi connectivity index (χ0) is 29.6. The van der Waals surface area contributed by atoms with E-state index in [0.29, 0.717) is 46.9 Å². The number of hydrogen-bond donors (Lipinski definition) is 1. The van der Waals surface area contributed by atoms with Crippen molar-refractivity contribution in [3.05, 3.63) is 87.9 Å². The molecule has 0 aromatic heterocycles. The van der Waals surface area contributed by atoms with Crippen LogP contribution in [0.25, 0.3) is 0 Å². The summed E-state index contributed by atoms with van der Waals surface area (Å²) in [6.45, 7) is 2.11. The lowest BCUT2D eigenvalue weighted by Crippen LogP contribution is -2.53. The number of amides is 2. The maximum absolute atomic E-state index is 14.1. The molecule has 0 fully saturated rings. The molecule has 1 heterocycles. The van der Waals surface area contributed by atoms with Crippen LogP contribution >= 0.6 is 23.2 Å². The first-order valence-corrected chi connectivity index (χ1v) is 15.6. The highest BCUT2D eigenvalue weighted by molar-refractivity contribution is 7.92. The summed E-state index contributed by atoms with van der Waals surface area (Å²) in [6, 6.07) is 17.9. The summed E-state index contributed by atoms with van der Waals surface area (Å²) in [4.78, 5) is 28.9. The van der Waals surface area contributed by atoms with Crippen LogP contribution in [0.4, 0.5) is 5.69 Å². The summed E-state index contributed by atoms with van der Waals surface area (Å²) in [6.07, 6.45) is 1.20. The van der Waals surface area contributed by atoms with Crippen molar-refractivity contribution < 1.29 is 27.5 Å². The number of sulfonamides is 1. The standard InChI is InChI=1S/C29H31Cl2N3O6S/c1-3-32-29(36)25(16-20-8-5-4-6-9-20)33(18-22-23(30)10-7-11-24(22)31)28(35)19-34(41(2,37)38)21-12-13-26-27(17-21)40-15-14-39-26/h4-13,17,25H,3,14-16,18-19H2,1-2H3,(H,32,36)/t25-/m0/s1. The Bertz CT molecular complexity index is 1480. The molecule has 3 aromatic carbocycles. The van der Waals surface area contributed by atoms with E-state index >= 15 is 0 Å². The van der Waals surface area contributed by atoms with E-state index in [1.807, 2.05) is 30.3 Å². The number of nitrogens with zero attached hydrogens (tertiary/aromatic N) is 2. The molecule has 0 spiro atoms. The van der Waals surface area contributed by atoms with Crippen molar-refractivity contribution in [2.24, 2.45) is 0 Å². The van der Waals surface area contributed by atoms with Crippen LogP contribution in [-0.2, 0) is 32.6 Å². The lowest BCUT2D eigenvalue weighted by molar-refractivity contribution is -0.140. The van der Waals surface area contributed by atoms with Gasteiger partial charge in [0.15, 0.2) is 11.5 Å². The Kier molecular flexibility index (Phi) is 10.0. The van der Waals surface area contributed by atoms with Crippen LogP contribution in [0.5, 0.6) is 11.5 Å². The van der Waals surface area contributed by atoms with Gasteiger partial charge in [0.1, 0.15) is 25.8 Å². The van der Waals surface area contributed by atoms with Crippen LogP contribution in [-0.4, -0.2) is 63.7 Å². The molecule has 0 radical (unpaired) electrons. The van der Waals surface area contributed by atoms with Gasteiger partial charge in [-0.2, -0.15) is 0 Å². The topological polar surface area (TPSA) is 105 Å². The van der Waals surface area contributed by atoms with Gasteiger partial charge in [-0.3, -0.25) is 13.9 Å². The number of anilines is 1. The highest BCUT2D eigenvalue weighted by atomic mass is 35.5. The van der Waals surface area contributed by atoms with Gasteiger partial charge in [0.25, 0.3) is 0 Å². The molecular weight excluding hydrogens is 589 g/mol. The van der Waals surface area contributed by atoms with E-state index in [4.69, 9.17) is 32.7 Å². The van der Waals surface area contributed by atoms with Gasteiger partial charge in [0, 0.05) is 41.2 Å². The van der Waals surface area contributed by atoms with Crippen molar-refractivity contribution in [2.75, 3.05) is 36.9 Å². The first-order chi connectivity index (χ1) is 19.6. The number of halogens is 2. The maximum atomic E-state index is 14.1. The quantitative estimate of drug-likeness (QED) is 0.343. The molecule has 3 aromatic rings. The van der Waals surface area contributed by atoms with E-state index in [0.717, 1.165) is 16.1 Å². The van der Waals surface area contributed by atoms with Gasteiger partial charge in [-0.25, -0.2) is 8.42 Å². The molecule has 0 bridgehead atoms. The van der Waals surface area contributed by atoms with Crippen molar-refractivity contribution in [1.29, 1.82) is 0 Å². The average Bonchev–Trinajstić information content (AvgIpc) is 2.94. The Morgan fingerprint density at radius 2 is 1.61 bits per heavy atom. The SMILES string of the molecule is CCNC(=O)[C@H](Cc1ccccc1)N(Cc1c(Cl)cccc1Cl)C(=O)CN(c1ccc2c(c1)OCCO2)S(C)(=O)=O. The molecule has 12 heteroatoms. The van der Waals surface area contributed by atoms with Crippen LogP contribution < -0.4 is 19.1 Å². The Hall–Kier alpha value is -3.47. The first kappa shape index (κ1) is 30.5. The third kappa shape index (κ3) is 7.63. The van der Waals surface area contributed by atoms with Crippen LogP contribution in [0.15, 0.2) is 66.7 Å². The number of carbonyl (C=O) groups is 2. The molecule has 2 amide bonds. The number of ether oxygens (including phenoxy) is 2. The van der Waals surface area contributed by atoms with Gasteiger partial charge in [-0.05, 0) is 36.8 Å². The fraction of sp³-hybridized carbons (Fsp3) is 0.310. The second-order valence-corrected chi connectivity index (χ2v) is 12.1. The molecule has 41 heavy (non-hydrogen) atoms. The lowest BCUT2D eigenvalue weighted by Gasteiger charge is -2.34. The molecular formula is C29H31Cl2N3O6S. The number of fused-ring (bicyclic) bond motifs is 1. The van der Waals surface area contributed by atoms with Crippen molar-refractivity contribution in [2.45, 2.75) is 25.9 Å². The van der Waals surface area contributed by atoms with Crippen LogP contribution in [0.1, 0.15) is 18.1 Å². The Balaban J connectivity index is 1.75. The second-order valence-electron chi connectivity index (χ2n) is 9.42. The van der Waals surface area contributed by atoms with Crippen molar-refractivity contribution in [3.63, 3.8) is 0 Å². The Morgan fingerprint density at radius 1 is 0.951 bits per heavy atom. The maximum Gasteiger partial charge on any atom is 0.244 e. The van der Waals surface area contributed by atoms with Gasteiger partial charge in [-0.15, -0.1) is 0 Å². The molecule has 4 rings (SSSR count). The zero-order valence-electron chi connectivity index (χ0n) is 22.7. The summed E-state index contributed by atoms with van der Waals surface area (Å²) in [5.41, 5.74) is 1.48. The van der Waals surface area contributed by atoms with E-state index in [2.05, 4.69) is 5.32 Å². The van der Waals surface area contributed by atoms with E-state index in [1.54, 1.807) is 37.3 Å². The highest BCUT2D eigenvalue weighted by Gasteiger charge is 2.34. The van der Waals surface area contributed by atoms with Crippen LogP contribution in [0, 0.1) is 0 Å². The molecule has 0 aliphatic carbocycles. The summed E-state index contributed by atoms with van der Waals surface area (Å²) in [5, 5.41) is 3.44. The van der Waals surface area contributed by atoms with Crippen molar-refractivity contribution in [1.82, 2.24) is 10.2 Å². The fourth-order valence-electron chi connectivity index (χ4n) is 4.50. The number of carbonyl (C=O) groups excluding carboxylic acids is 2. The smallest absolute Gasteiger partial charge is 0.244 e. The van der Waals surface area contributed by atoms with E-state index in [-0.39, 0.29) is 18.7 Å². The first-order valence-electron chi connectivity index (χ1n) is 13.0. The number of nitrogens with one attached hydrogen (secondary N) is 1. The molecule has 1 N–H and O–H groups in total. The minimum absolute atomic E-state index is 0.120. The van der Waals surface area contributed by atoms with Crippen LogP contribution in [0.3, 0.4) is 0 Å². The van der Waals surface area contributed by atoms with Crippen LogP contribution in [0.2, 0.25) is 10.0 Å². The molecule has 0 saturated carbocycles. The minimum Gasteiger partial charge on any atom is -0.486 e. The summed E-state index contributed by atoms with van der Waals surface area (Å²) >= 11 is 12.9. The van der Waals surface area contributed by atoms with Gasteiger partial charge in [-0.1, -0.05) is 59.6 Å². The third-order valence-electron chi connectivity index (χ3n) is 6.51. The average molecular weight is 621 g/mol. The number of hydrogen-bond acceptors (Lipinski definition) is 6. The monoisotopic (exact) mass is 619 g/mol. The normalized spacial score (nSPS) is 13.3. The van der Waals surface area contributed by atoms with Gasteiger partial charge in [0.2, 0.25) is 21.8 Å². The Labute approximate surface area is 250 Å². The number of benzene rings is 3. The molecule has 0 unspecified atom stereocenters. The largest absolute Gasteiger partial charge is 0.486 e. The van der Waals surface area contributed by atoms with Crippen molar-refractivity contribution in [3.8, 4) is 11.5 Å². The molecule has 1 atom stereocenters. The summed E-state index contributed by atoms with van der Waals surface area (Å²) in [7, 11) is -3.94. The summed E-state index contributed by atoms with van der Waals surface area (Å²) < 4.78 is 38.1. The number of rotatable bonds is 11. The predicted octanol–water partition coefficient (Wildman–Crippen LogP) is 4.31. The predicted molar refractivity (Wildman–Crippen MR) is 159 cm³/mol. The van der Waals surface area contributed by atoms with E-state index in [9.17, 15) is 18.0 Å². The minimum atomic E-state index is -3.94.